The molecule has 1 aromatic carbocycles. The molecule has 1 N–H and O–H groups in total. The fourth-order valence-corrected chi connectivity index (χ4v) is 3.32. The number of methoxy groups -OCH3 is 1. The van der Waals surface area contributed by atoms with Crippen LogP contribution < -0.4 is 10.1 Å². The molecule has 1 saturated heterocycles. The lowest BCUT2D eigenvalue weighted by molar-refractivity contribution is 0.415. The maximum atomic E-state index is 9.08. The second-order valence-electron chi connectivity index (χ2n) is 4.39. The van der Waals surface area contributed by atoms with Crippen LogP contribution in [0.15, 0.2) is 18.2 Å². The summed E-state index contributed by atoms with van der Waals surface area (Å²) in [4.78, 5) is 0. The number of nitriles is 1. The molecule has 0 bridgehead atoms. The monoisotopic (exact) mass is 262 g/mol. The molecular formula is C14H18N2OS. The van der Waals surface area contributed by atoms with E-state index in [9.17, 15) is 0 Å². The summed E-state index contributed by atoms with van der Waals surface area (Å²) < 4.78 is 5.19. The van der Waals surface area contributed by atoms with E-state index in [4.69, 9.17) is 10.00 Å². The minimum Gasteiger partial charge on any atom is -0.497 e. The van der Waals surface area contributed by atoms with Crippen LogP contribution in [0, 0.1) is 11.3 Å². The van der Waals surface area contributed by atoms with Crippen LogP contribution >= 0.6 is 11.8 Å². The Balaban J connectivity index is 2.00. The van der Waals surface area contributed by atoms with Gasteiger partial charge in [0.25, 0.3) is 0 Å². The fourth-order valence-electron chi connectivity index (χ4n) is 2.09. The van der Waals surface area contributed by atoms with E-state index in [0.29, 0.717) is 10.8 Å². The number of benzene rings is 1. The predicted octanol–water partition coefficient (Wildman–Crippen LogP) is 3.26. The first kappa shape index (κ1) is 13.1. The van der Waals surface area contributed by atoms with Crippen molar-refractivity contribution in [3.05, 3.63) is 23.8 Å². The molecule has 0 radical (unpaired) electrons. The van der Waals surface area contributed by atoms with Crippen LogP contribution in [-0.2, 0) is 0 Å². The Morgan fingerprint density at radius 2 is 2.39 bits per heavy atom. The zero-order valence-electron chi connectivity index (χ0n) is 10.6. The lowest BCUT2D eigenvalue weighted by atomic mass is 10.1. The van der Waals surface area contributed by atoms with Gasteiger partial charge in [0.05, 0.1) is 18.4 Å². The lowest BCUT2D eigenvalue weighted by Gasteiger charge is -2.22. The van der Waals surface area contributed by atoms with Crippen molar-refractivity contribution in [1.29, 1.82) is 5.26 Å². The number of rotatable bonds is 4. The van der Waals surface area contributed by atoms with Crippen LogP contribution in [0.25, 0.3) is 0 Å². The van der Waals surface area contributed by atoms with Gasteiger partial charge in [-0.15, -0.1) is 0 Å². The molecule has 0 aliphatic carbocycles. The van der Waals surface area contributed by atoms with Gasteiger partial charge in [-0.1, -0.05) is 6.42 Å². The molecule has 1 aliphatic rings. The molecule has 1 aliphatic heterocycles. The van der Waals surface area contributed by atoms with E-state index >= 15 is 0 Å². The molecule has 0 saturated carbocycles. The zero-order chi connectivity index (χ0) is 12.8. The molecule has 3 nitrogen and oxygen atoms in total. The van der Waals surface area contributed by atoms with E-state index in [1.807, 2.05) is 23.9 Å². The van der Waals surface area contributed by atoms with Crippen LogP contribution in [0.3, 0.4) is 0 Å². The third kappa shape index (κ3) is 3.33. The van der Waals surface area contributed by atoms with Crippen molar-refractivity contribution >= 4 is 17.4 Å². The molecule has 2 rings (SSSR count). The maximum Gasteiger partial charge on any atom is 0.121 e. The minimum atomic E-state index is 0.663. The van der Waals surface area contributed by atoms with Crippen molar-refractivity contribution in [1.82, 2.24) is 0 Å². The molecule has 1 atom stereocenters. The van der Waals surface area contributed by atoms with Gasteiger partial charge >= 0.3 is 0 Å². The first-order valence-electron chi connectivity index (χ1n) is 6.27. The number of hydrogen-bond donors (Lipinski definition) is 1. The Bertz CT molecular complexity index is 436. The van der Waals surface area contributed by atoms with Gasteiger partial charge in [0, 0.05) is 17.9 Å². The Morgan fingerprint density at radius 3 is 3.06 bits per heavy atom. The predicted molar refractivity (Wildman–Crippen MR) is 76.3 cm³/mol. The second-order valence-corrected chi connectivity index (χ2v) is 5.80. The molecule has 0 spiro atoms. The van der Waals surface area contributed by atoms with E-state index in [1.165, 1.54) is 25.0 Å². The van der Waals surface area contributed by atoms with Crippen molar-refractivity contribution in [3.8, 4) is 11.8 Å². The molecule has 1 heterocycles. The van der Waals surface area contributed by atoms with Crippen molar-refractivity contribution in [2.45, 2.75) is 24.5 Å². The number of nitrogens with zero attached hydrogens (tertiary/aromatic N) is 1. The third-order valence-electron chi connectivity index (χ3n) is 3.14. The highest BCUT2D eigenvalue weighted by Gasteiger charge is 2.14. The first-order chi connectivity index (χ1) is 8.83. The van der Waals surface area contributed by atoms with Gasteiger partial charge in [0.1, 0.15) is 11.8 Å². The van der Waals surface area contributed by atoms with Crippen molar-refractivity contribution < 1.29 is 4.74 Å². The second kappa shape index (κ2) is 6.55. The van der Waals surface area contributed by atoms with Gasteiger partial charge in [0.2, 0.25) is 0 Å². The topological polar surface area (TPSA) is 45.0 Å². The first-order valence-corrected chi connectivity index (χ1v) is 7.32. The minimum absolute atomic E-state index is 0.663. The van der Waals surface area contributed by atoms with E-state index in [0.717, 1.165) is 18.0 Å². The average Bonchev–Trinajstić information content (AvgIpc) is 2.45. The van der Waals surface area contributed by atoms with Crippen LogP contribution in [0.2, 0.25) is 0 Å². The molecule has 96 valence electrons. The largest absolute Gasteiger partial charge is 0.497 e. The summed E-state index contributed by atoms with van der Waals surface area (Å²) in [6.45, 7) is 0.923. The highest BCUT2D eigenvalue weighted by molar-refractivity contribution is 7.99. The van der Waals surface area contributed by atoms with Crippen LogP contribution in [-0.4, -0.2) is 24.7 Å². The third-order valence-corrected chi connectivity index (χ3v) is 4.54. The Morgan fingerprint density at radius 1 is 1.50 bits per heavy atom. The quantitative estimate of drug-likeness (QED) is 0.904. The van der Waals surface area contributed by atoms with Crippen LogP contribution in [0.1, 0.15) is 24.8 Å². The highest BCUT2D eigenvalue weighted by atomic mass is 32.2. The summed E-state index contributed by atoms with van der Waals surface area (Å²) in [5.74, 6) is 2.04. The molecule has 0 amide bonds. The van der Waals surface area contributed by atoms with Gasteiger partial charge in [-0.25, -0.2) is 0 Å². The smallest absolute Gasteiger partial charge is 0.121 e. The molecule has 18 heavy (non-hydrogen) atoms. The number of thioether (sulfide) groups is 1. The number of nitrogens with one attached hydrogen (secondary N) is 1. The summed E-state index contributed by atoms with van der Waals surface area (Å²) in [6.07, 6.45) is 3.93. The number of ether oxygens (including phenoxy) is 1. The molecular weight excluding hydrogens is 244 g/mol. The standard InChI is InChI=1S/C14H18N2OS/c1-17-12-6-5-11(9-15)14(8-12)16-10-13-4-2-3-7-18-13/h5-6,8,13,16H,2-4,7,10H2,1H3. The summed E-state index contributed by atoms with van der Waals surface area (Å²) in [6, 6.07) is 7.72. The van der Waals surface area contributed by atoms with Crippen molar-refractivity contribution in [3.63, 3.8) is 0 Å². The normalized spacial score (nSPS) is 19.0. The van der Waals surface area contributed by atoms with Crippen molar-refractivity contribution in [2.24, 2.45) is 0 Å². The van der Waals surface area contributed by atoms with E-state index in [-0.39, 0.29) is 0 Å². The summed E-state index contributed by atoms with van der Waals surface area (Å²) in [7, 11) is 1.64. The molecule has 1 unspecified atom stereocenters. The lowest BCUT2D eigenvalue weighted by Crippen LogP contribution is -2.20. The fraction of sp³-hybridized carbons (Fsp3) is 0.500. The van der Waals surface area contributed by atoms with Gasteiger partial charge in [-0.05, 0) is 30.7 Å². The van der Waals surface area contributed by atoms with Gasteiger partial charge < -0.3 is 10.1 Å². The van der Waals surface area contributed by atoms with E-state index in [1.54, 1.807) is 13.2 Å². The Kier molecular flexibility index (Phi) is 4.77. The molecule has 1 aromatic rings. The molecule has 1 fully saturated rings. The number of hydrogen-bond acceptors (Lipinski definition) is 4. The summed E-state index contributed by atoms with van der Waals surface area (Å²) in [5.41, 5.74) is 1.56. The van der Waals surface area contributed by atoms with Gasteiger partial charge in [-0.2, -0.15) is 17.0 Å². The Labute approximate surface area is 113 Å². The molecule has 4 heteroatoms. The van der Waals surface area contributed by atoms with Crippen molar-refractivity contribution in [2.75, 3.05) is 24.7 Å². The van der Waals surface area contributed by atoms with Gasteiger partial charge in [-0.3, -0.25) is 0 Å². The zero-order valence-corrected chi connectivity index (χ0v) is 11.4. The average molecular weight is 262 g/mol. The summed E-state index contributed by atoms with van der Waals surface area (Å²) in [5, 5.41) is 13.1. The summed E-state index contributed by atoms with van der Waals surface area (Å²) >= 11 is 2.03. The SMILES string of the molecule is COc1ccc(C#N)c(NCC2CCCCS2)c1. The maximum absolute atomic E-state index is 9.08. The van der Waals surface area contributed by atoms with Crippen LogP contribution in [0.5, 0.6) is 5.75 Å². The van der Waals surface area contributed by atoms with Crippen LogP contribution in [0.4, 0.5) is 5.69 Å². The van der Waals surface area contributed by atoms with Gasteiger partial charge in [0.15, 0.2) is 0 Å². The highest BCUT2D eigenvalue weighted by Crippen LogP contribution is 2.27. The van der Waals surface area contributed by atoms with E-state index < -0.39 is 0 Å². The Hall–Kier alpha value is -1.34. The number of anilines is 1. The molecule has 0 aromatic heterocycles. The van der Waals surface area contributed by atoms with E-state index in [2.05, 4.69) is 11.4 Å².